The SMILES string of the molecule is CN1C(=O)CC(Nc2cc(Cl)c(F)cc2N)C1=O. The van der Waals surface area contributed by atoms with E-state index in [9.17, 15) is 14.0 Å². The van der Waals surface area contributed by atoms with E-state index in [2.05, 4.69) is 5.32 Å². The van der Waals surface area contributed by atoms with Crippen LogP contribution in [0.1, 0.15) is 6.42 Å². The number of nitrogens with one attached hydrogen (secondary N) is 1. The van der Waals surface area contributed by atoms with Gasteiger partial charge < -0.3 is 11.1 Å². The molecule has 1 aromatic carbocycles. The highest BCUT2D eigenvalue weighted by molar-refractivity contribution is 6.31. The van der Waals surface area contributed by atoms with Gasteiger partial charge in [0, 0.05) is 13.1 Å². The molecule has 1 unspecified atom stereocenters. The summed E-state index contributed by atoms with van der Waals surface area (Å²) in [7, 11) is 1.41. The summed E-state index contributed by atoms with van der Waals surface area (Å²) >= 11 is 5.63. The lowest BCUT2D eigenvalue weighted by molar-refractivity contribution is -0.136. The summed E-state index contributed by atoms with van der Waals surface area (Å²) in [6.07, 6.45) is 0.0454. The number of rotatable bonds is 2. The van der Waals surface area contributed by atoms with E-state index in [0.29, 0.717) is 5.69 Å². The lowest BCUT2D eigenvalue weighted by Crippen LogP contribution is -2.32. The van der Waals surface area contributed by atoms with Crippen molar-refractivity contribution in [1.82, 2.24) is 4.90 Å². The Bertz CT molecular complexity index is 535. The zero-order valence-corrected chi connectivity index (χ0v) is 10.3. The molecule has 18 heavy (non-hydrogen) atoms. The number of carbonyl (C=O) groups is 2. The van der Waals surface area contributed by atoms with Gasteiger partial charge in [-0.2, -0.15) is 0 Å². The number of benzene rings is 1. The fraction of sp³-hybridized carbons (Fsp3) is 0.273. The van der Waals surface area contributed by atoms with Gasteiger partial charge in [-0.05, 0) is 6.07 Å². The second-order valence-corrected chi connectivity index (χ2v) is 4.45. The molecule has 1 aliphatic rings. The van der Waals surface area contributed by atoms with Crippen molar-refractivity contribution in [3.8, 4) is 0 Å². The Kier molecular flexibility index (Phi) is 3.13. The van der Waals surface area contributed by atoms with Crippen LogP contribution in [0.2, 0.25) is 5.02 Å². The van der Waals surface area contributed by atoms with E-state index in [-0.39, 0.29) is 28.9 Å². The molecule has 2 amide bonds. The van der Waals surface area contributed by atoms with E-state index in [0.717, 1.165) is 11.0 Å². The van der Waals surface area contributed by atoms with Crippen LogP contribution in [0.25, 0.3) is 0 Å². The van der Waals surface area contributed by atoms with Crippen molar-refractivity contribution in [3.05, 3.63) is 23.0 Å². The molecule has 0 radical (unpaired) electrons. The predicted octanol–water partition coefficient (Wildman–Crippen LogP) is 1.23. The van der Waals surface area contributed by atoms with E-state index in [1.807, 2.05) is 0 Å². The van der Waals surface area contributed by atoms with Crippen molar-refractivity contribution in [2.45, 2.75) is 12.5 Å². The number of nitrogen functional groups attached to an aromatic ring is 1. The van der Waals surface area contributed by atoms with E-state index in [1.165, 1.54) is 13.1 Å². The minimum atomic E-state index is -0.689. The van der Waals surface area contributed by atoms with Gasteiger partial charge in [0.2, 0.25) is 5.91 Å². The maximum Gasteiger partial charge on any atom is 0.251 e. The number of carbonyl (C=O) groups excluding carboxylic acids is 2. The molecule has 0 aromatic heterocycles. The van der Waals surface area contributed by atoms with Crippen molar-refractivity contribution in [3.63, 3.8) is 0 Å². The van der Waals surface area contributed by atoms with Gasteiger partial charge >= 0.3 is 0 Å². The average Bonchev–Trinajstić information content (AvgIpc) is 2.54. The molecule has 0 bridgehead atoms. The van der Waals surface area contributed by atoms with Crippen molar-refractivity contribution in [2.75, 3.05) is 18.1 Å². The van der Waals surface area contributed by atoms with Gasteiger partial charge in [-0.3, -0.25) is 14.5 Å². The van der Waals surface area contributed by atoms with Crippen LogP contribution in [0, 0.1) is 5.82 Å². The first kappa shape index (κ1) is 12.6. The molecule has 1 saturated heterocycles. The van der Waals surface area contributed by atoms with E-state index in [4.69, 9.17) is 17.3 Å². The number of nitrogens with zero attached hydrogens (tertiary/aromatic N) is 1. The lowest BCUT2D eigenvalue weighted by atomic mass is 10.2. The zero-order chi connectivity index (χ0) is 13.4. The highest BCUT2D eigenvalue weighted by Crippen LogP contribution is 2.28. The molecular weight excluding hydrogens is 261 g/mol. The van der Waals surface area contributed by atoms with E-state index < -0.39 is 11.9 Å². The number of hydrogen-bond donors (Lipinski definition) is 2. The number of imide groups is 1. The minimum Gasteiger partial charge on any atom is -0.397 e. The number of likely N-dealkylation sites (N-methyl/N-ethyl adjacent to an activating group) is 1. The normalized spacial score (nSPS) is 19.5. The number of amides is 2. The molecule has 0 saturated carbocycles. The predicted molar refractivity (Wildman–Crippen MR) is 65.6 cm³/mol. The second kappa shape index (κ2) is 4.45. The van der Waals surface area contributed by atoms with Crippen molar-refractivity contribution < 1.29 is 14.0 Å². The Morgan fingerprint density at radius 3 is 2.72 bits per heavy atom. The number of nitrogens with two attached hydrogens (primary N) is 1. The monoisotopic (exact) mass is 271 g/mol. The number of likely N-dealkylation sites (tertiary alicyclic amines) is 1. The van der Waals surface area contributed by atoms with Gasteiger partial charge in [-0.25, -0.2) is 4.39 Å². The van der Waals surface area contributed by atoms with Crippen LogP contribution in [-0.4, -0.2) is 29.8 Å². The molecule has 7 heteroatoms. The van der Waals surface area contributed by atoms with Crippen LogP contribution >= 0.6 is 11.6 Å². The fourth-order valence-electron chi connectivity index (χ4n) is 1.74. The third-order valence-corrected chi connectivity index (χ3v) is 3.09. The molecule has 3 N–H and O–H groups in total. The Morgan fingerprint density at radius 1 is 1.50 bits per heavy atom. The van der Waals surface area contributed by atoms with Crippen LogP contribution in [0.15, 0.2) is 12.1 Å². The van der Waals surface area contributed by atoms with Gasteiger partial charge in [0.1, 0.15) is 11.9 Å². The van der Waals surface area contributed by atoms with Gasteiger partial charge in [0.15, 0.2) is 0 Å². The standard InChI is InChI=1S/C11H11ClFN3O2/c1-16-10(17)4-9(11(16)18)15-8-2-5(12)6(13)3-7(8)14/h2-3,9,15H,4,14H2,1H3. The van der Waals surface area contributed by atoms with Gasteiger partial charge in [-0.1, -0.05) is 11.6 Å². The van der Waals surface area contributed by atoms with Crippen LogP contribution < -0.4 is 11.1 Å². The van der Waals surface area contributed by atoms with Gasteiger partial charge in [0.05, 0.1) is 22.8 Å². The van der Waals surface area contributed by atoms with Crippen LogP contribution in [0.5, 0.6) is 0 Å². The minimum absolute atomic E-state index is 0.0454. The quantitative estimate of drug-likeness (QED) is 0.627. The first-order valence-corrected chi connectivity index (χ1v) is 5.59. The van der Waals surface area contributed by atoms with Crippen LogP contribution in [0.4, 0.5) is 15.8 Å². The smallest absolute Gasteiger partial charge is 0.251 e. The Balaban J connectivity index is 2.23. The van der Waals surface area contributed by atoms with Gasteiger partial charge in [0.25, 0.3) is 5.91 Å². The maximum absolute atomic E-state index is 13.1. The molecule has 1 heterocycles. The molecule has 1 aromatic rings. The fourth-order valence-corrected chi connectivity index (χ4v) is 1.91. The molecule has 0 spiro atoms. The molecule has 2 rings (SSSR count). The molecule has 1 fully saturated rings. The summed E-state index contributed by atoms with van der Waals surface area (Å²) in [5.41, 5.74) is 6.08. The largest absolute Gasteiger partial charge is 0.397 e. The summed E-state index contributed by atoms with van der Waals surface area (Å²) < 4.78 is 13.1. The Morgan fingerprint density at radius 2 is 2.17 bits per heavy atom. The zero-order valence-electron chi connectivity index (χ0n) is 9.54. The first-order chi connectivity index (χ1) is 8.40. The summed E-state index contributed by atoms with van der Waals surface area (Å²) in [5.74, 6) is -1.25. The topological polar surface area (TPSA) is 75.4 Å². The van der Waals surface area contributed by atoms with E-state index >= 15 is 0 Å². The number of hydrogen-bond acceptors (Lipinski definition) is 4. The summed E-state index contributed by atoms with van der Waals surface area (Å²) in [6, 6.07) is 1.67. The Labute approximate surface area is 108 Å². The molecular formula is C11H11ClFN3O2. The summed E-state index contributed by atoms with van der Waals surface area (Å²) in [4.78, 5) is 24.1. The van der Waals surface area contributed by atoms with Gasteiger partial charge in [-0.15, -0.1) is 0 Å². The average molecular weight is 272 g/mol. The maximum atomic E-state index is 13.1. The molecule has 96 valence electrons. The van der Waals surface area contributed by atoms with Crippen molar-refractivity contribution >= 4 is 34.8 Å². The molecule has 5 nitrogen and oxygen atoms in total. The Hall–Kier alpha value is -1.82. The first-order valence-electron chi connectivity index (χ1n) is 5.21. The molecule has 1 atom stereocenters. The van der Waals surface area contributed by atoms with Crippen molar-refractivity contribution in [2.24, 2.45) is 0 Å². The summed E-state index contributed by atoms with van der Waals surface area (Å²) in [6.45, 7) is 0. The third-order valence-electron chi connectivity index (χ3n) is 2.80. The van der Waals surface area contributed by atoms with Crippen LogP contribution in [0.3, 0.4) is 0 Å². The highest BCUT2D eigenvalue weighted by Gasteiger charge is 2.36. The molecule has 1 aliphatic heterocycles. The highest BCUT2D eigenvalue weighted by atomic mass is 35.5. The number of anilines is 2. The van der Waals surface area contributed by atoms with E-state index in [1.54, 1.807) is 0 Å². The molecule has 0 aliphatic carbocycles. The summed E-state index contributed by atoms with van der Waals surface area (Å²) in [5, 5.41) is 2.70. The second-order valence-electron chi connectivity index (χ2n) is 4.05. The van der Waals surface area contributed by atoms with Crippen molar-refractivity contribution in [1.29, 1.82) is 0 Å². The number of halogens is 2. The van der Waals surface area contributed by atoms with Crippen LogP contribution in [-0.2, 0) is 9.59 Å². The lowest BCUT2D eigenvalue weighted by Gasteiger charge is -2.14. The third kappa shape index (κ3) is 2.11.